The summed E-state index contributed by atoms with van der Waals surface area (Å²) in [4.78, 5) is 11.1. The minimum Gasteiger partial charge on any atom is -0.376 e. The Morgan fingerprint density at radius 1 is 1.24 bits per heavy atom. The minimum absolute atomic E-state index is 0.0118. The quantitative estimate of drug-likeness (QED) is 0.810. The molecule has 1 spiro atoms. The Hall–Kier alpha value is -1.82. The van der Waals surface area contributed by atoms with E-state index < -0.39 is 0 Å². The molecule has 4 heterocycles. The summed E-state index contributed by atoms with van der Waals surface area (Å²) in [6, 6.07) is 10.2. The molecule has 2 aromatic heterocycles. The van der Waals surface area contributed by atoms with Gasteiger partial charge in [-0.05, 0) is 43.2 Å². The Balaban J connectivity index is 1.27. The van der Waals surface area contributed by atoms with Gasteiger partial charge in [0.05, 0.1) is 24.5 Å². The van der Waals surface area contributed by atoms with Crippen molar-refractivity contribution in [1.82, 2.24) is 14.9 Å². The molecule has 2 aliphatic heterocycles. The van der Waals surface area contributed by atoms with E-state index in [1.807, 2.05) is 37.5 Å². The van der Waals surface area contributed by atoms with E-state index in [-0.39, 0.29) is 5.60 Å². The number of nitrogens with zero attached hydrogens (tertiary/aromatic N) is 3. The molecule has 0 bridgehead atoms. The maximum atomic E-state index is 6.13. The fourth-order valence-electron chi connectivity index (χ4n) is 3.91. The predicted molar refractivity (Wildman–Crippen MR) is 94.9 cm³/mol. The molecule has 0 aromatic carbocycles. The first kappa shape index (κ1) is 16.6. The number of rotatable bonds is 6. The summed E-state index contributed by atoms with van der Waals surface area (Å²) in [6.45, 7) is 7.15. The van der Waals surface area contributed by atoms with Gasteiger partial charge in [-0.15, -0.1) is 0 Å². The van der Waals surface area contributed by atoms with Crippen LogP contribution >= 0.6 is 0 Å². The van der Waals surface area contributed by atoms with Crippen LogP contribution in [-0.4, -0.2) is 46.8 Å². The zero-order valence-corrected chi connectivity index (χ0v) is 14.7. The molecule has 1 atom stereocenters. The monoisotopic (exact) mass is 339 g/mol. The van der Waals surface area contributed by atoms with Gasteiger partial charge in [0, 0.05) is 50.2 Å². The number of aromatic nitrogens is 2. The van der Waals surface area contributed by atoms with Gasteiger partial charge in [-0.1, -0.05) is 6.07 Å². The topological polar surface area (TPSA) is 47.5 Å². The lowest BCUT2D eigenvalue weighted by Gasteiger charge is -2.50. The summed E-state index contributed by atoms with van der Waals surface area (Å²) in [5.41, 5.74) is 3.37. The smallest absolute Gasteiger partial charge is 0.0985 e. The number of ether oxygens (including phenoxy) is 2. The van der Waals surface area contributed by atoms with E-state index in [0.29, 0.717) is 12.5 Å². The second kappa shape index (κ2) is 7.20. The molecule has 2 aliphatic rings. The van der Waals surface area contributed by atoms with Crippen LogP contribution in [-0.2, 0) is 22.6 Å². The maximum absolute atomic E-state index is 6.13. The fraction of sp³-hybridized carbons (Fsp3) is 0.500. The molecule has 132 valence electrons. The van der Waals surface area contributed by atoms with E-state index in [4.69, 9.17) is 9.47 Å². The maximum Gasteiger partial charge on any atom is 0.0985 e. The average molecular weight is 339 g/mol. The molecule has 2 saturated heterocycles. The number of pyridine rings is 2. The highest BCUT2D eigenvalue weighted by molar-refractivity contribution is 5.13. The Morgan fingerprint density at radius 3 is 2.88 bits per heavy atom. The highest BCUT2D eigenvalue weighted by atomic mass is 16.5. The molecule has 0 saturated carbocycles. The van der Waals surface area contributed by atoms with Crippen molar-refractivity contribution in [3.63, 3.8) is 0 Å². The molecule has 0 N–H and O–H groups in total. The lowest BCUT2D eigenvalue weighted by molar-refractivity contribution is -0.146. The van der Waals surface area contributed by atoms with Crippen LogP contribution in [0.25, 0.3) is 0 Å². The molecule has 4 rings (SSSR count). The van der Waals surface area contributed by atoms with Crippen LogP contribution in [0.5, 0.6) is 0 Å². The normalized spacial score (nSPS) is 22.2. The van der Waals surface area contributed by atoms with Crippen molar-refractivity contribution in [3.05, 3.63) is 59.7 Å². The largest absolute Gasteiger partial charge is 0.376 e. The summed E-state index contributed by atoms with van der Waals surface area (Å²) in [7, 11) is 0. The molecule has 0 aliphatic carbocycles. The minimum atomic E-state index is -0.0118. The molecule has 0 radical (unpaired) electrons. The Bertz CT molecular complexity index is 701. The number of likely N-dealkylation sites (tertiary alicyclic amines) is 1. The van der Waals surface area contributed by atoms with Gasteiger partial charge in [0.25, 0.3) is 0 Å². The highest BCUT2D eigenvalue weighted by Crippen LogP contribution is 2.40. The van der Waals surface area contributed by atoms with E-state index in [9.17, 15) is 0 Å². The van der Waals surface area contributed by atoms with Gasteiger partial charge >= 0.3 is 0 Å². The molecular formula is C20H25N3O2. The Kier molecular flexibility index (Phi) is 4.79. The van der Waals surface area contributed by atoms with Gasteiger partial charge in [-0.25, -0.2) is 0 Å². The van der Waals surface area contributed by atoms with Gasteiger partial charge < -0.3 is 9.47 Å². The molecule has 5 heteroatoms. The Morgan fingerprint density at radius 2 is 2.08 bits per heavy atom. The van der Waals surface area contributed by atoms with Crippen molar-refractivity contribution in [2.75, 3.05) is 26.3 Å². The zero-order chi connectivity index (χ0) is 17.1. The van der Waals surface area contributed by atoms with Crippen molar-refractivity contribution in [2.45, 2.75) is 32.1 Å². The molecule has 25 heavy (non-hydrogen) atoms. The molecule has 2 fully saturated rings. The third-order valence-electron chi connectivity index (χ3n) is 5.25. The van der Waals surface area contributed by atoms with Gasteiger partial charge in [0.2, 0.25) is 0 Å². The Labute approximate surface area is 149 Å². The lowest BCUT2D eigenvalue weighted by Crippen LogP contribution is -2.64. The van der Waals surface area contributed by atoms with E-state index in [2.05, 4.69) is 27.0 Å². The highest BCUT2D eigenvalue weighted by Gasteiger charge is 2.52. The van der Waals surface area contributed by atoms with E-state index in [1.54, 1.807) is 0 Å². The summed E-state index contributed by atoms with van der Waals surface area (Å²) in [6.07, 6.45) is 4.71. The summed E-state index contributed by atoms with van der Waals surface area (Å²) in [5.74, 6) is 0.482. The summed E-state index contributed by atoms with van der Waals surface area (Å²) >= 11 is 0. The van der Waals surface area contributed by atoms with Gasteiger partial charge in [0.1, 0.15) is 0 Å². The summed E-state index contributed by atoms with van der Waals surface area (Å²) < 4.78 is 12.1. The van der Waals surface area contributed by atoms with Crippen molar-refractivity contribution in [2.24, 2.45) is 5.92 Å². The van der Waals surface area contributed by atoms with E-state index >= 15 is 0 Å². The van der Waals surface area contributed by atoms with Crippen LogP contribution in [0.15, 0.2) is 42.7 Å². The lowest BCUT2D eigenvalue weighted by atomic mass is 9.81. The second-order valence-corrected chi connectivity index (χ2v) is 7.18. The third kappa shape index (κ3) is 3.73. The second-order valence-electron chi connectivity index (χ2n) is 7.18. The standard InChI is InChI=1S/C20H25N3O2/c1-16-3-2-4-19(22-16)11-23-14-20(15-23)18(7-10-25-20)13-24-12-17-5-8-21-9-6-17/h2-6,8-9,18H,7,10-15H2,1H3/t18-/m0/s1. The van der Waals surface area contributed by atoms with Crippen LogP contribution in [0.1, 0.15) is 23.4 Å². The molecule has 2 aromatic rings. The fourth-order valence-corrected chi connectivity index (χ4v) is 3.91. The van der Waals surface area contributed by atoms with E-state index in [1.165, 1.54) is 5.56 Å². The molecule has 5 nitrogen and oxygen atoms in total. The average Bonchev–Trinajstić information content (AvgIpc) is 2.99. The first-order valence-electron chi connectivity index (χ1n) is 8.99. The number of hydrogen-bond donors (Lipinski definition) is 0. The first-order valence-corrected chi connectivity index (χ1v) is 8.99. The number of hydrogen-bond acceptors (Lipinski definition) is 5. The number of aryl methyl sites for hydroxylation is 1. The van der Waals surface area contributed by atoms with Gasteiger partial charge in [0.15, 0.2) is 0 Å². The van der Waals surface area contributed by atoms with E-state index in [0.717, 1.165) is 50.7 Å². The predicted octanol–water partition coefficient (Wildman–Crippen LogP) is 2.59. The van der Waals surface area contributed by atoms with Crippen LogP contribution in [0.2, 0.25) is 0 Å². The first-order chi connectivity index (χ1) is 12.2. The van der Waals surface area contributed by atoms with Crippen LogP contribution in [0.3, 0.4) is 0 Å². The SMILES string of the molecule is Cc1cccc(CN2CC3(C2)OCC[C@H]3COCc2ccncc2)n1. The van der Waals surface area contributed by atoms with Gasteiger partial charge in [-0.3, -0.25) is 14.9 Å². The van der Waals surface area contributed by atoms with Crippen molar-refractivity contribution in [1.29, 1.82) is 0 Å². The third-order valence-corrected chi connectivity index (χ3v) is 5.25. The van der Waals surface area contributed by atoms with Crippen molar-refractivity contribution >= 4 is 0 Å². The molecule has 0 unspecified atom stereocenters. The van der Waals surface area contributed by atoms with Gasteiger partial charge in [-0.2, -0.15) is 0 Å². The van der Waals surface area contributed by atoms with Crippen LogP contribution in [0, 0.1) is 12.8 Å². The zero-order valence-electron chi connectivity index (χ0n) is 14.7. The van der Waals surface area contributed by atoms with Crippen LogP contribution < -0.4 is 0 Å². The summed E-state index contributed by atoms with van der Waals surface area (Å²) in [5, 5.41) is 0. The molecule has 0 amide bonds. The molecular weight excluding hydrogens is 314 g/mol. The van der Waals surface area contributed by atoms with Crippen molar-refractivity contribution < 1.29 is 9.47 Å². The van der Waals surface area contributed by atoms with Crippen molar-refractivity contribution in [3.8, 4) is 0 Å². The van der Waals surface area contributed by atoms with Crippen LogP contribution in [0.4, 0.5) is 0 Å².